The van der Waals surface area contributed by atoms with Gasteiger partial charge in [0.25, 0.3) is 0 Å². The third kappa shape index (κ3) is 3.99. The molecule has 0 fully saturated rings. The molecule has 4 heteroatoms. The van der Waals surface area contributed by atoms with Gasteiger partial charge in [0, 0.05) is 11.1 Å². The summed E-state index contributed by atoms with van der Waals surface area (Å²) in [7, 11) is 0. The number of carbonyl (C=O) groups excluding carboxylic acids is 1. The van der Waals surface area contributed by atoms with Crippen LogP contribution in [-0.2, 0) is 15.4 Å². The van der Waals surface area contributed by atoms with Gasteiger partial charge in [-0.25, -0.2) is 4.79 Å². The average molecular weight is 305 g/mol. The number of alkyl halides is 1. The molecule has 0 saturated carbocycles. The number of benzene rings is 2. The second kappa shape index (κ2) is 7.70. The van der Waals surface area contributed by atoms with Gasteiger partial charge < -0.3 is 9.47 Å². The minimum atomic E-state index is -0.796. The van der Waals surface area contributed by atoms with Crippen LogP contribution >= 0.6 is 11.6 Å². The lowest BCUT2D eigenvalue weighted by Crippen LogP contribution is -2.21. The van der Waals surface area contributed by atoms with Crippen LogP contribution < -0.4 is 4.74 Å². The van der Waals surface area contributed by atoms with E-state index in [1.165, 1.54) is 0 Å². The molecule has 110 valence electrons. The molecule has 0 N–H and O–H groups in total. The van der Waals surface area contributed by atoms with E-state index in [0.717, 1.165) is 11.1 Å². The Labute approximate surface area is 129 Å². The highest BCUT2D eigenvalue weighted by Gasteiger charge is 2.24. The fourth-order valence-corrected chi connectivity index (χ4v) is 2.17. The van der Waals surface area contributed by atoms with Crippen LogP contribution in [0.5, 0.6) is 5.75 Å². The molecule has 2 aromatic carbocycles. The normalized spacial score (nSPS) is 11.7. The first-order valence-electron chi connectivity index (χ1n) is 6.78. The molecule has 1 unspecified atom stereocenters. The van der Waals surface area contributed by atoms with E-state index >= 15 is 0 Å². The number of esters is 1. The van der Waals surface area contributed by atoms with E-state index in [0.29, 0.717) is 18.2 Å². The predicted octanol–water partition coefficient (Wildman–Crippen LogP) is 4.11. The van der Waals surface area contributed by atoms with Gasteiger partial charge in [-0.05, 0) is 13.0 Å². The zero-order valence-electron chi connectivity index (χ0n) is 11.8. The summed E-state index contributed by atoms with van der Waals surface area (Å²) in [5, 5.41) is 0. The molecule has 0 bridgehead atoms. The highest BCUT2D eigenvalue weighted by Crippen LogP contribution is 2.27. The van der Waals surface area contributed by atoms with Crippen molar-refractivity contribution in [2.45, 2.75) is 18.9 Å². The standard InChI is InChI=1S/C17H17ClO3/c1-2-20-17(19)16(13-8-4-3-5-9-13)21-15-11-7-6-10-14(15)12-18/h3-11,16H,2,12H2,1H3. The zero-order valence-corrected chi connectivity index (χ0v) is 12.5. The SMILES string of the molecule is CCOC(=O)C(Oc1ccccc1CCl)c1ccccc1. The fourth-order valence-electron chi connectivity index (χ4n) is 1.95. The molecule has 0 aromatic heterocycles. The summed E-state index contributed by atoms with van der Waals surface area (Å²) in [5.74, 6) is 0.503. The van der Waals surface area contributed by atoms with Crippen molar-refractivity contribution in [3.8, 4) is 5.75 Å². The molecular formula is C17H17ClO3. The minimum absolute atomic E-state index is 0.308. The number of ether oxygens (including phenoxy) is 2. The Hall–Kier alpha value is -2.00. The third-order valence-corrected chi connectivity index (χ3v) is 3.25. The number of hydrogen-bond donors (Lipinski definition) is 0. The topological polar surface area (TPSA) is 35.5 Å². The maximum atomic E-state index is 12.2. The molecule has 2 aromatic rings. The highest BCUT2D eigenvalue weighted by atomic mass is 35.5. The van der Waals surface area contributed by atoms with Crippen LogP contribution in [0.4, 0.5) is 0 Å². The van der Waals surface area contributed by atoms with Crippen LogP contribution in [0.1, 0.15) is 24.2 Å². The molecule has 0 aliphatic heterocycles. The summed E-state index contributed by atoms with van der Waals surface area (Å²) in [4.78, 5) is 12.2. The van der Waals surface area contributed by atoms with E-state index in [1.54, 1.807) is 13.0 Å². The highest BCUT2D eigenvalue weighted by molar-refractivity contribution is 6.17. The monoisotopic (exact) mass is 304 g/mol. The van der Waals surface area contributed by atoms with Crippen molar-refractivity contribution in [3.05, 3.63) is 65.7 Å². The molecule has 3 nitrogen and oxygen atoms in total. The molecule has 0 saturated heterocycles. The van der Waals surface area contributed by atoms with E-state index < -0.39 is 12.1 Å². The smallest absolute Gasteiger partial charge is 0.352 e. The van der Waals surface area contributed by atoms with Gasteiger partial charge in [-0.3, -0.25) is 0 Å². The van der Waals surface area contributed by atoms with Gasteiger partial charge >= 0.3 is 5.97 Å². The van der Waals surface area contributed by atoms with Gasteiger partial charge in [0.2, 0.25) is 6.10 Å². The number of halogens is 1. The van der Waals surface area contributed by atoms with Gasteiger partial charge in [-0.2, -0.15) is 0 Å². The van der Waals surface area contributed by atoms with E-state index in [-0.39, 0.29) is 0 Å². The first-order chi connectivity index (χ1) is 10.3. The van der Waals surface area contributed by atoms with Crippen LogP contribution in [0.3, 0.4) is 0 Å². The second-order valence-electron chi connectivity index (χ2n) is 4.40. The predicted molar refractivity (Wildman–Crippen MR) is 82.4 cm³/mol. The van der Waals surface area contributed by atoms with Crippen LogP contribution in [0, 0.1) is 0 Å². The van der Waals surface area contributed by atoms with Crippen LogP contribution in [0.25, 0.3) is 0 Å². The summed E-state index contributed by atoms with van der Waals surface area (Å²) in [5.41, 5.74) is 1.59. The second-order valence-corrected chi connectivity index (χ2v) is 4.67. The largest absolute Gasteiger partial charge is 0.474 e. The number of carbonyl (C=O) groups is 1. The molecule has 21 heavy (non-hydrogen) atoms. The lowest BCUT2D eigenvalue weighted by atomic mass is 10.1. The lowest BCUT2D eigenvalue weighted by Gasteiger charge is -2.19. The van der Waals surface area contributed by atoms with E-state index in [1.807, 2.05) is 48.5 Å². The average Bonchev–Trinajstić information content (AvgIpc) is 2.54. The van der Waals surface area contributed by atoms with Crippen molar-refractivity contribution < 1.29 is 14.3 Å². The summed E-state index contributed by atoms with van der Waals surface area (Å²) in [6, 6.07) is 16.7. The Balaban J connectivity index is 2.30. The summed E-state index contributed by atoms with van der Waals surface area (Å²) >= 11 is 5.91. The van der Waals surface area contributed by atoms with Crippen LogP contribution in [0.15, 0.2) is 54.6 Å². The van der Waals surface area contributed by atoms with Crippen molar-refractivity contribution in [2.24, 2.45) is 0 Å². The molecule has 0 amide bonds. The van der Waals surface area contributed by atoms with Crippen molar-refractivity contribution in [1.29, 1.82) is 0 Å². The Bertz CT molecular complexity index is 584. The molecule has 1 atom stereocenters. The Kier molecular flexibility index (Phi) is 5.64. The summed E-state index contributed by atoms with van der Waals surface area (Å²) in [6.45, 7) is 2.08. The quantitative estimate of drug-likeness (QED) is 0.595. The molecule has 0 radical (unpaired) electrons. The van der Waals surface area contributed by atoms with Crippen molar-refractivity contribution in [3.63, 3.8) is 0 Å². The molecular weight excluding hydrogens is 288 g/mol. The third-order valence-electron chi connectivity index (χ3n) is 2.96. The fraction of sp³-hybridized carbons (Fsp3) is 0.235. The van der Waals surface area contributed by atoms with Gasteiger partial charge in [0.1, 0.15) is 5.75 Å². The summed E-state index contributed by atoms with van der Waals surface area (Å²) in [6.07, 6.45) is -0.796. The Morgan fingerprint density at radius 1 is 1.10 bits per heavy atom. The van der Waals surface area contributed by atoms with E-state index in [9.17, 15) is 4.79 Å². The minimum Gasteiger partial charge on any atom is -0.474 e. The van der Waals surface area contributed by atoms with Crippen molar-refractivity contribution >= 4 is 17.6 Å². The summed E-state index contributed by atoms with van der Waals surface area (Å²) < 4.78 is 11.0. The number of para-hydroxylation sites is 1. The van der Waals surface area contributed by atoms with Crippen LogP contribution in [-0.4, -0.2) is 12.6 Å². The van der Waals surface area contributed by atoms with Gasteiger partial charge in [-0.1, -0.05) is 48.5 Å². The maximum Gasteiger partial charge on any atom is 0.352 e. The van der Waals surface area contributed by atoms with Crippen molar-refractivity contribution in [2.75, 3.05) is 6.61 Å². The molecule has 2 rings (SSSR count). The van der Waals surface area contributed by atoms with E-state index in [2.05, 4.69) is 0 Å². The van der Waals surface area contributed by atoms with Crippen molar-refractivity contribution in [1.82, 2.24) is 0 Å². The maximum absolute atomic E-state index is 12.2. The first kappa shape index (κ1) is 15.4. The van der Waals surface area contributed by atoms with E-state index in [4.69, 9.17) is 21.1 Å². The Morgan fingerprint density at radius 3 is 2.43 bits per heavy atom. The molecule has 0 aliphatic rings. The van der Waals surface area contributed by atoms with Gasteiger partial charge in [-0.15, -0.1) is 11.6 Å². The van der Waals surface area contributed by atoms with Crippen LogP contribution in [0.2, 0.25) is 0 Å². The molecule has 0 spiro atoms. The zero-order chi connectivity index (χ0) is 15.1. The van der Waals surface area contributed by atoms with Gasteiger partial charge in [0.15, 0.2) is 0 Å². The lowest BCUT2D eigenvalue weighted by molar-refractivity contribution is -0.151. The Morgan fingerprint density at radius 2 is 1.76 bits per heavy atom. The molecule has 0 heterocycles. The first-order valence-corrected chi connectivity index (χ1v) is 7.31. The molecule has 0 aliphatic carbocycles. The number of hydrogen-bond acceptors (Lipinski definition) is 3. The number of rotatable bonds is 6. The van der Waals surface area contributed by atoms with Gasteiger partial charge in [0.05, 0.1) is 12.5 Å².